The Balaban J connectivity index is 1.56. The Labute approximate surface area is 159 Å². The second kappa shape index (κ2) is 7.90. The molecule has 1 saturated carbocycles. The Hall–Kier alpha value is -1.70. The molecule has 140 valence electrons. The topological polar surface area (TPSA) is 81.2 Å². The van der Waals surface area contributed by atoms with Gasteiger partial charge < -0.3 is 4.74 Å². The van der Waals surface area contributed by atoms with E-state index in [1.54, 1.807) is 12.1 Å². The van der Waals surface area contributed by atoms with Crippen molar-refractivity contribution in [3.05, 3.63) is 46.7 Å². The fraction of sp³-hybridized carbons (Fsp3) is 0.444. The molecule has 0 amide bonds. The maximum absolute atomic E-state index is 12.6. The summed E-state index contributed by atoms with van der Waals surface area (Å²) in [4.78, 5) is 8.37. The number of rotatable bonds is 5. The molecule has 1 fully saturated rings. The first kappa shape index (κ1) is 19.1. The van der Waals surface area contributed by atoms with Crippen LogP contribution in [0, 0.1) is 13.8 Å². The highest BCUT2D eigenvalue weighted by Crippen LogP contribution is 2.24. The third-order valence-electron chi connectivity index (χ3n) is 4.65. The third kappa shape index (κ3) is 4.72. The van der Waals surface area contributed by atoms with Crippen molar-refractivity contribution in [3.8, 4) is 6.01 Å². The average Bonchev–Trinajstić information content (AvgIpc) is 2.61. The fourth-order valence-electron chi connectivity index (χ4n) is 2.98. The molecule has 1 aliphatic rings. The van der Waals surface area contributed by atoms with E-state index in [1.807, 2.05) is 19.9 Å². The van der Waals surface area contributed by atoms with Gasteiger partial charge in [-0.3, -0.25) is 0 Å². The quantitative estimate of drug-likeness (QED) is 0.838. The van der Waals surface area contributed by atoms with Crippen molar-refractivity contribution in [1.29, 1.82) is 0 Å². The van der Waals surface area contributed by atoms with Crippen molar-refractivity contribution < 1.29 is 13.2 Å². The number of halogens is 1. The van der Waals surface area contributed by atoms with Crippen molar-refractivity contribution in [1.82, 2.24) is 14.7 Å². The number of hydrogen-bond acceptors (Lipinski definition) is 5. The first-order valence-electron chi connectivity index (χ1n) is 8.57. The normalized spacial score (nSPS) is 20.7. The largest absolute Gasteiger partial charge is 0.460 e. The van der Waals surface area contributed by atoms with Crippen molar-refractivity contribution in [2.75, 3.05) is 0 Å². The maximum atomic E-state index is 12.6. The molecule has 8 heteroatoms. The average molecular weight is 396 g/mol. The van der Waals surface area contributed by atoms with Crippen LogP contribution in [0.25, 0.3) is 0 Å². The minimum atomic E-state index is -3.51. The van der Waals surface area contributed by atoms with E-state index >= 15 is 0 Å². The van der Waals surface area contributed by atoms with Crippen LogP contribution < -0.4 is 9.46 Å². The summed E-state index contributed by atoms with van der Waals surface area (Å²) in [7, 11) is -3.51. The Morgan fingerprint density at radius 1 is 1.08 bits per heavy atom. The lowest BCUT2D eigenvalue weighted by Gasteiger charge is -2.28. The van der Waals surface area contributed by atoms with Gasteiger partial charge in [0, 0.05) is 6.04 Å². The molecular formula is C18H22ClN3O3S. The molecule has 0 radical (unpaired) electrons. The van der Waals surface area contributed by atoms with Crippen LogP contribution in [0.4, 0.5) is 0 Å². The van der Waals surface area contributed by atoms with Crippen LogP contribution in [0.1, 0.15) is 36.8 Å². The number of hydrogen-bond donors (Lipinski definition) is 1. The summed E-state index contributed by atoms with van der Waals surface area (Å²) < 4.78 is 33.7. The molecule has 1 aliphatic carbocycles. The number of nitrogens with one attached hydrogen (secondary N) is 1. The predicted octanol–water partition coefficient (Wildman–Crippen LogP) is 3.42. The van der Waals surface area contributed by atoms with Gasteiger partial charge >= 0.3 is 6.01 Å². The van der Waals surface area contributed by atoms with Gasteiger partial charge in [0.2, 0.25) is 10.0 Å². The van der Waals surface area contributed by atoms with Gasteiger partial charge in [0.15, 0.2) is 0 Å². The lowest BCUT2D eigenvalue weighted by Crippen LogP contribution is -2.39. The molecule has 0 atom stereocenters. The van der Waals surface area contributed by atoms with Crippen LogP contribution >= 0.6 is 11.6 Å². The number of sulfonamides is 1. The van der Waals surface area contributed by atoms with Gasteiger partial charge in [-0.15, -0.1) is 0 Å². The summed E-state index contributed by atoms with van der Waals surface area (Å²) in [6, 6.07) is 5.41. The van der Waals surface area contributed by atoms with Crippen LogP contribution in [0.2, 0.25) is 5.02 Å². The predicted molar refractivity (Wildman–Crippen MR) is 100.0 cm³/mol. The van der Waals surface area contributed by atoms with Gasteiger partial charge in [-0.1, -0.05) is 17.7 Å². The molecule has 0 spiro atoms. The molecule has 3 rings (SSSR count). The van der Waals surface area contributed by atoms with Crippen molar-refractivity contribution in [2.24, 2.45) is 0 Å². The second-order valence-electron chi connectivity index (χ2n) is 6.64. The number of aromatic nitrogens is 2. The SMILES string of the molecule is Cc1ccc(S(=O)(=O)NC2CCC(Oc3ncc(Cl)cn3)CC2)cc1C. The molecular weight excluding hydrogens is 374 g/mol. The smallest absolute Gasteiger partial charge is 0.316 e. The third-order valence-corrected chi connectivity index (χ3v) is 6.37. The van der Waals surface area contributed by atoms with E-state index in [1.165, 1.54) is 12.4 Å². The Bertz CT molecular complexity index is 864. The van der Waals surface area contributed by atoms with Crippen LogP contribution in [0.5, 0.6) is 6.01 Å². The van der Waals surface area contributed by atoms with E-state index in [4.69, 9.17) is 16.3 Å². The fourth-order valence-corrected chi connectivity index (χ4v) is 4.46. The lowest BCUT2D eigenvalue weighted by molar-refractivity contribution is 0.132. The van der Waals surface area contributed by atoms with Crippen LogP contribution in [-0.2, 0) is 10.0 Å². The molecule has 2 aromatic rings. The molecule has 26 heavy (non-hydrogen) atoms. The number of nitrogens with zero attached hydrogens (tertiary/aromatic N) is 2. The molecule has 0 aliphatic heterocycles. The number of ether oxygens (including phenoxy) is 1. The van der Waals surface area contributed by atoms with Crippen LogP contribution in [0.3, 0.4) is 0 Å². The van der Waals surface area contributed by atoms with E-state index in [0.717, 1.165) is 24.0 Å². The lowest BCUT2D eigenvalue weighted by atomic mass is 9.94. The summed E-state index contributed by atoms with van der Waals surface area (Å²) in [6.07, 6.45) is 5.88. The molecule has 1 N–H and O–H groups in total. The van der Waals surface area contributed by atoms with Crippen molar-refractivity contribution in [3.63, 3.8) is 0 Å². The van der Waals surface area contributed by atoms with Gasteiger partial charge in [0.1, 0.15) is 6.10 Å². The monoisotopic (exact) mass is 395 g/mol. The zero-order valence-corrected chi connectivity index (χ0v) is 16.3. The zero-order valence-electron chi connectivity index (χ0n) is 14.8. The van der Waals surface area contributed by atoms with Crippen LogP contribution in [0.15, 0.2) is 35.5 Å². The van der Waals surface area contributed by atoms with E-state index in [2.05, 4.69) is 14.7 Å². The van der Waals surface area contributed by atoms with E-state index in [9.17, 15) is 8.42 Å². The van der Waals surface area contributed by atoms with Gasteiger partial charge in [-0.25, -0.2) is 23.1 Å². The van der Waals surface area contributed by atoms with Gasteiger partial charge in [-0.05, 0) is 62.8 Å². The molecule has 1 aromatic heterocycles. The number of benzene rings is 1. The van der Waals surface area contributed by atoms with Gasteiger partial charge in [0.25, 0.3) is 0 Å². The van der Waals surface area contributed by atoms with Crippen molar-refractivity contribution >= 4 is 21.6 Å². The Morgan fingerprint density at radius 2 is 1.73 bits per heavy atom. The summed E-state index contributed by atoms with van der Waals surface area (Å²) in [6.45, 7) is 3.88. The highest BCUT2D eigenvalue weighted by molar-refractivity contribution is 7.89. The minimum Gasteiger partial charge on any atom is -0.460 e. The summed E-state index contributed by atoms with van der Waals surface area (Å²) in [5.74, 6) is 0. The molecule has 0 bridgehead atoms. The Morgan fingerprint density at radius 3 is 2.35 bits per heavy atom. The highest BCUT2D eigenvalue weighted by Gasteiger charge is 2.27. The van der Waals surface area contributed by atoms with Crippen LogP contribution in [-0.4, -0.2) is 30.5 Å². The Kier molecular flexibility index (Phi) is 5.79. The summed E-state index contributed by atoms with van der Waals surface area (Å²) in [5, 5.41) is 0.460. The molecule has 1 heterocycles. The standard InChI is InChI=1S/C18H22ClN3O3S/c1-12-3-8-17(9-13(12)2)26(23,24)22-15-4-6-16(7-5-15)25-18-20-10-14(19)11-21-18/h3,8-11,15-16,22H,4-7H2,1-2H3. The van der Waals surface area contributed by atoms with E-state index in [0.29, 0.717) is 28.8 Å². The molecule has 0 saturated heterocycles. The maximum Gasteiger partial charge on any atom is 0.316 e. The summed E-state index contributed by atoms with van der Waals surface area (Å²) >= 11 is 5.76. The molecule has 1 aromatic carbocycles. The first-order valence-corrected chi connectivity index (χ1v) is 10.4. The highest BCUT2D eigenvalue weighted by atomic mass is 35.5. The molecule has 0 unspecified atom stereocenters. The van der Waals surface area contributed by atoms with E-state index in [-0.39, 0.29) is 12.1 Å². The first-order chi connectivity index (χ1) is 12.3. The second-order valence-corrected chi connectivity index (χ2v) is 8.79. The van der Waals surface area contributed by atoms with Crippen molar-refractivity contribution in [2.45, 2.75) is 56.6 Å². The molecule has 6 nitrogen and oxygen atoms in total. The van der Waals surface area contributed by atoms with E-state index < -0.39 is 10.0 Å². The zero-order chi connectivity index (χ0) is 18.7. The minimum absolute atomic E-state index is 0.0152. The summed E-state index contributed by atoms with van der Waals surface area (Å²) in [5.41, 5.74) is 2.04. The number of aryl methyl sites for hydroxylation is 2. The van der Waals surface area contributed by atoms with Gasteiger partial charge in [0.05, 0.1) is 22.3 Å². The van der Waals surface area contributed by atoms with Gasteiger partial charge in [-0.2, -0.15) is 0 Å².